The summed E-state index contributed by atoms with van der Waals surface area (Å²) in [5, 5.41) is 14.2. The molecule has 6 heteroatoms. The lowest BCUT2D eigenvalue weighted by Crippen LogP contribution is -2.36. The Morgan fingerprint density at radius 1 is 1.50 bits per heavy atom. The van der Waals surface area contributed by atoms with E-state index in [2.05, 4.69) is 12.2 Å². The average Bonchev–Trinajstić information content (AvgIpc) is 2.85. The molecule has 0 aromatic heterocycles. The minimum Gasteiger partial charge on any atom is -0.496 e. The molecule has 1 aliphatic heterocycles. The molecule has 110 valence electrons. The van der Waals surface area contributed by atoms with Gasteiger partial charge in [0.15, 0.2) is 0 Å². The third-order valence-electron chi connectivity index (χ3n) is 3.53. The van der Waals surface area contributed by atoms with Crippen molar-refractivity contribution in [3.05, 3.63) is 33.9 Å². The van der Waals surface area contributed by atoms with Crippen molar-refractivity contribution in [3.8, 4) is 5.75 Å². The predicted octanol–water partition coefficient (Wildman–Crippen LogP) is 2.26. The Balaban J connectivity index is 1.98. The van der Waals surface area contributed by atoms with E-state index in [4.69, 9.17) is 9.47 Å². The maximum Gasteiger partial charge on any atom is 0.273 e. The summed E-state index contributed by atoms with van der Waals surface area (Å²) in [4.78, 5) is 10.5. The molecule has 20 heavy (non-hydrogen) atoms. The number of nitro benzene ring substituents is 1. The molecule has 1 atom stereocenters. The van der Waals surface area contributed by atoms with Gasteiger partial charge in [-0.2, -0.15) is 0 Å². The number of nitro groups is 1. The number of methoxy groups -OCH3 is 1. The van der Waals surface area contributed by atoms with Crippen LogP contribution in [0, 0.1) is 10.1 Å². The van der Waals surface area contributed by atoms with Gasteiger partial charge in [0.05, 0.1) is 23.7 Å². The molecule has 0 aliphatic carbocycles. The first-order valence-electron chi connectivity index (χ1n) is 6.69. The Kier molecular flexibility index (Phi) is 4.57. The van der Waals surface area contributed by atoms with Crippen LogP contribution in [0.3, 0.4) is 0 Å². The molecule has 6 nitrogen and oxygen atoms in total. The van der Waals surface area contributed by atoms with Gasteiger partial charge in [0.2, 0.25) is 0 Å². The minimum atomic E-state index is -0.409. The second-order valence-corrected chi connectivity index (χ2v) is 5.30. The van der Waals surface area contributed by atoms with E-state index in [-0.39, 0.29) is 11.3 Å². The van der Waals surface area contributed by atoms with Crippen LogP contribution in [0.1, 0.15) is 25.3 Å². The number of benzene rings is 1. The van der Waals surface area contributed by atoms with Crippen LogP contribution in [0.2, 0.25) is 0 Å². The van der Waals surface area contributed by atoms with Crippen LogP contribution in [0.25, 0.3) is 0 Å². The molecular formula is C14H20N2O4. The van der Waals surface area contributed by atoms with E-state index in [0.29, 0.717) is 12.3 Å². The monoisotopic (exact) mass is 280 g/mol. The number of rotatable bonds is 6. The molecule has 1 saturated heterocycles. The topological polar surface area (TPSA) is 73.6 Å². The third-order valence-corrected chi connectivity index (χ3v) is 3.53. The number of ether oxygens (including phenoxy) is 2. The van der Waals surface area contributed by atoms with Gasteiger partial charge in [-0.1, -0.05) is 0 Å². The van der Waals surface area contributed by atoms with Crippen molar-refractivity contribution in [1.29, 1.82) is 0 Å². The highest BCUT2D eigenvalue weighted by Gasteiger charge is 2.29. The van der Waals surface area contributed by atoms with Gasteiger partial charge in [-0.05, 0) is 31.4 Å². The smallest absolute Gasteiger partial charge is 0.273 e. The molecule has 0 amide bonds. The summed E-state index contributed by atoms with van der Waals surface area (Å²) < 4.78 is 10.8. The molecule has 1 heterocycles. The molecule has 1 aliphatic rings. The van der Waals surface area contributed by atoms with Crippen LogP contribution in [0.5, 0.6) is 5.75 Å². The molecule has 0 bridgehead atoms. The van der Waals surface area contributed by atoms with E-state index in [9.17, 15) is 10.1 Å². The van der Waals surface area contributed by atoms with E-state index >= 15 is 0 Å². The van der Waals surface area contributed by atoms with Crippen LogP contribution in [-0.4, -0.2) is 30.8 Å². The Hall–Kier alpha value is -1.66. The Bertz CT molecular complexity index is 484. The summed E-state index contributed by atoms with van der Waals surface area (Å²) >= 11 is 0. The summed E-state index contributed by atoms with van der Waals surface area (Å²) in [5.74, 6) is 0.499. The van der Waals surface area contributed by atoms with Crippen LogP contribution in [0.15, 0.2) is 18.2 Å². The third kappa shape index (κ3) is 3.68. The summed E-state index contributed by atoms with van der Waals surface area (Å²) in [6.07, 6.45) is 2.13. The van der Waals surface area contributed by atoms with Crippen molar-refractivity contribution >= 4 is 5.69 Å². The summed E-state index contributed by atoms with van der Waals surface area (Å²) in [6.45, 7) is 4.18. The number of non-ortho nitro benzene ring substituents is 1. The maximum atomic E-state index is 10.9. The SMILES string of the molecule is COc1cc(CNCC2(C)CCCO2)cc([N+](=O)[O-])c1. The molecule has 1 aromatic rings. The van der Waals surface area contributed by atoms with Crippen molar-refractivity contribution in [2.75, 3.05) is 20.3 Å². The standard InChI is InChI=1S/C14H20N2O4/c1-14(4-3-5-20-14)10-15-9-11-6-12(16(17)18)8-13(7-11)19-2/h6-8,15H,3-5,9-10H2,1-2H3. The number of hydrogen-bond donors (Lipinski definition) is 1. The van der Waals surface area contributed by atoms with E-state index in [0.717, 1.165) is 31.6 Å². The normalized spacial score (nSPS) is 21.9. The molecule has 0 radical (unpaired) electrons. The fraction of sp³-hybridized carbons (Fsp3) is 0.571. The highest BCUT2D eigenvalue weighted by molar-refractivity contribution is 5.42. The summed E-state index contributed by atoms with van der Waals surface area (Å²) in [6, 6.07) is 4.79. The van der Waals surface area contributed by atoms with Crippen molar-refractivity contribution in [1.82, 2.24) is 5.32 Å². The van der Waals surface area contributed by atoms with E-state index in [1.54, 1.807) is 12.1 Å². The van der Waals surface area contributed by atoms with Gasteiger partial charge >= 0.3 is 0 Å². The number of nitrogens with one attached hydrogen (secondary N) is 1. The van der Waals surface area contributed by atoms with Gasteiger partial charge in [-0.3, -0.25) is 10.1 Å². The first-order chi connectivity index (χ1) is 9.52. The molecule has 1 aromatic carbocycles. The maximum absolute atomic E-state index is 10.9. The Morgan fingerprint density at radius 3 is 2.90 bits per heavy atom. The predicted molar refractivity (Wildman–Crippen MR) is 74.9 cm³/mol. The molecule has 1 fully saturated rings. The van der Waals surface area contributed by atoms with Gasteiger partial charge in [-0.25, -0.2) is 0 Å². The quantitative estimate of drug-likeness (QED) is 0.639. The van der Waals surface area contributed by atoms with E-state index in [1.165, 1.54) is 13.2 Å². The van der Waals surface area contributed by atoms with Crippen molar-refractivity contribution < 1.29 is 14.4 Å². The Labute approximate surface area is 118 Å². The van der Waals surface area contributed by atoms with E-state index < -0.39 is 4.92 Å². The van der Waals surface area contributed by atoms with Gasteiger partial charge in [0.25, 0.3) is 5.69 Å². The lowest BCUT2D eigenvalue weighted by Gasteiger charge is -2.23. The molecule has 2 rings (SSSR count). The molecular weight excluding hydrogens is 260 g/mol. The molecule has 1 unspecified atom stereocenters. The van der Waals surface area contributed by atoms with E-state index in [1.807, 2.05) is 0 Å². The average molecular weight is 280 g/mol. The fourth-order valence-corrected chi connectivity index (χ4v) is 2.42. The van der Waals surface area contributed by atoms with Crippen molar-refractivity contribution in [2.45, 2.75) is 31.9 Å². The molecule has 0 saturated carbocycles. The largest absolute Gasteiger partial charge is 0.496 e. The second-order valence-electron chi connectivity index (χ2n) is 5.30. The van der Waals surface area contributed by atoms with Crippen molar-refractivity contribution in [2.24, 2.45) is 0 Å². The van der Waals surface area contributed by atoms with Gasteiger partial charge in [0, 0.05) is 25.8 Å². The lowest BCUT2D eigenvalue weighted by molar-refractivity contribution is -0.385. The van der Waals surface area contributed by atoms with Crippen LogP contribution in [0.4, 0.5) is 5.69 Å². The summed E-state index contributed by atoms with van der Waals surface area (Å²) in [7, 11) is 1.50. The van der Waals surface area contributed by atoms with Crippen LogP contribution in [-0.2, 0) is 11.3 Å². The fourth-order valence-electron chi connectivity index (χ4n) is 2.42. The number of hydrogen-bond acceptors (Lipinski definition) is 5. The highest BCUT2D eigenvalue weighted by atomic mass is 16.6. The van der Waals surface area contributed by atoms with Gasteiger partial charge in [0.1, 0.15) is 5.75 Å². The van der Waals surface area contributed by atoms with Crippen molar-refractivity contribution in [3.63, 3.8) is 0 Å². The summed E-state index contributed by atoms with van der Waals surface area (Å²) in [5.41, 5.74) is 0.757. The first kappa shape index (κ1) is 14.7. The van der Waals surface area contributed by atoms with Crippen LogP contribution < -0.4 is 10.1 Å². The first-order valence-corrected chi connectivity index (χ1v) is 6.69. The number of nitrogens with zero attached hydrogens (tertiary/aromatic N) is 1. The van der Waals surface area contributed by atoms with Gasteiger partial charge in [-0.15, -0.1) is 0 Å². The zero-order chi connectivity index (χ0) is 14.6. The molecule has 0 spiro atoms. The van der Waals surface area contributed by atoms with Crippen LogP contribution >= 0.6 is 0 Å². The zero-order valence-corrected chi connectivity index (χ0v) is 11.8. The van der Waals surface area contributed by atoms with Gasteiger partial charge < -0.3 is 14.8 Å². The highest BCUT2D eigenvalue weighted by Crippen LogP contribution is 2.25. The second kappa shape index (κ2) is 6.19. The lowest BCUT2D eigenvalue weighted by atomic mass is 10.0. The Morgan fingerprint density at radius 2 is 2.30 bits per heavy atom. The molecule has 1 N–H and O–H groups in total. The zero-order valence-electron chi connectivity index (χ0n) is 11.8. The minimum absolute atomic E-state index is 0.0458.